The molecule has 0 aliphatic carbocycles. The van der Waals surface area contributed by atoms with Gasteiger partial charge in [-0.2, -0.15) is 5.10 Å². The van der Waals surface area contributed by atoms with Crippen LogP contribution in [0.4, 0.5) is 0 Å². The number of rotatable bonds is 5. The van der Waals surface area contributed by atoms with Crippen molar-refractivity contribution < 1.29 is 9.53 Å². The van der Waals surface area contributed by atoms with E-state index in [1.54, 1.807) is 4.68 Å². The van der Waals surface area contributed by atoms with Crippen LogP contribution < -0.4 is 0 Å². The molecule has 1 aliphatic heterocycles. The molecular formula is C17H23N3O2. The summed E-state index contributed by atoms with van der Waals surface area (Å²) in [6.45, 7) is 4.71. The molecular weight excluding hydrogens is 278 g/mol. The number of hydrogen-bond donors (Lipinski definition) is 0. The van der Waals surface area contributed by atoms with E-state index in [2.05, 4.69) is 12.0 Å². The molecule has 1 saturated heterocycles. The minimum Gasteiger partial charge on any atom is -0.376 e. The van der Waals surface area contributed by atoms with Gasteiger partial charge in [0.1, 0.15) is 6.54 Å². The van der Waals surface area contributed by atoms with Crippen molar-refractivity contribution >= 4 is 16.8 Å². The number of aromatic nitrogens is 2. The summed E-state index contributed by atoms with van der Waals surface area (Å²) in [6, 6.07) is 7.97. The van der Waals surface area contributed by atoms with Gasteiger partial charge in [-0.25, -0.2) is 0 Å². The highest BCUT2D eigenvalue weighted by Crippen LogP contribution is 2.16. The molecule has 0 bridgehead atoms. The third-order valence-corrected chi connectivity index (χ3v) is 4.12. The Morgan fingerprint density at radius 2 is 2.27 bits per heavy atom. The molecule has 0 N–H and O–H groups in total. The quantitative estimate of drug-likeness (QED) is 0.852. The topological polar surface area (TPSA) is 47.4 Å². The number of likely N-dealkylation sites (tertiary alicyclic amines) is 1. The smallest absolute Gasteiger partial charge is 0.244 e. The largest absolute Gasteiger partial charge is 0.376 e. The minimum absolute atomic E-state index is 0.124. The summed E-state index contributed by atoms with van der Waals surface area (Å²) >= 11 is 0. The molecule has 1 amide bonds. The molecule has 22 heavy (non-hydrogen) atoms. The van der Waals surface area contributed by atoms with Gasteiger partial charge in [0.05, 0.1) is 17.8 Å². The van der Waals surface area contributed by atoms with Crippen LogP contribution in [0.15, 0.2) is 30.5 Å². The first-order chi connectivity index (χ1) is 10.8. The molecule has 1 aromatic heterocycles. The van der Waals surface area contributed by atoms with E-state index >= 15 is 0 Å². The lowest BCUT2D eigenvalue weighted by Gasteiger charge is -2.32. The van der Waals surface area contributed by atoms with Crippen LogP contribution in [0.1, 0.15) is 26.2 Å². The van der Waals surface area contributed by atoms with Gasteiger partial charge in [-0.15, -0.1) is 0 Å². The molecule has 5 nitrogen and oxygen atoms in total. The fourth-order valence-corrected chi connectivity index (χ4v) is 2.97. The molecule has 2 aromatic rings. The SMILES string of the molecule is CCCOC1CCCN(C(=O)Cn2ncc3ccccc32)C1. The second-order valence-corrected chi connectivity index (χ2v) is 5.84. The van der Waals surface area contributed by atoms with Crippen molar-refractivity contribution in [1.82, 2.24) is 14.7 Å². The van der Waals surface area contributed by atoms with E-state index in [0.29, 0.717) is 13.1 Å². The van der Waals surface area contributed by atoms with Crippen LogP contribution in [-0.4, -0.2) is 46.4 Å². The number of carbonyl (C=O) groups is 1. The summed E-state index contributed by atoms with van der Waals surface area (Å²) in [7, 11) is 0. The molecule has 3 rings (SSSR count). The average Bonchev–Trinajstić information content (AvgIpc) is 2.96. The van der Waals surface area contributed by atoms with Crippen LogP contribution in [0.2, 0.25) is 0 Å². The van der Waals surface area contributed by atoms with E-state index in [1.165, 1.54) is 0 Å². The molecule has 5 heteroatoms. The fourth-order valence-electron chi connectivity index (χ4n) is 2.97. The van der Waals surface area contributed by atoms with E-state index in [1.807, 2.05) is 35.4 Å². The maximum Gasteiger partial charge on any atom is 0.244 e. The number of ether oxygens (including phenoxy) is 1. The summed E-state index contributed by atoms with van der Waals surface area (Å²) in [5, 5.41) is 5.40. The Morgan fingerprint density at radius 3 is 3.14 bits per heavy atom. The molecule has 0 radical (unpaired) electrons. The summed E-state index contributed by atoms with van der Waals surface area (Å²) in [6.07, 6.45) is 5.08. The van der Waals surface area contributed by atoms with Crippen molar-refractivity contribution in [3.8, 4) is 0 Å². The zero-order valence-electron chi connectivity index (χ0n) is 13.1. The highest BCUT2D eigenvalue weighted by atomic mass is 16.5. The zero-order valence-corrected chi connectivity index (χ0v) is 13.1. The predicted molar refractivity (Wildman–Crippen MR) is 85.6 cm³/mol. The van der Waals surface area contributed by atoms with Crippen molar-refractivity contribution in [3.63, 3.8) is 0 Å². The van der Waals surface area contributed by atoms with E-state index in [0.717, 1.165) is 43.3 Å². The van der Waals surface area contributed by atoms with Crippen LogP contribution in [0, 0.1) is 0 Å². The average molecular weight is 301 g/mol. The summed E-state index contributed by atoms with van der Waals surface area (Å²) in [5.41, 5.74) is 1.01. The normalized spacial score (nSPS) is 18.8. The molecule has 1 unspecified atom stereocenters. The van der Waals surface area contributed by atoms with E-state index in [-0.39, 0.29) is 12.0 Å². The molecule has 1 aliphatic rings. The number of para-hydroxylation sites is 1. The first-order valence-corrected chi connectivity index (χ1v) is 8.08. The first-order valence-electron chi connectivity index (χ1n) is 8.08. The molecule has 118 valence electrons. The van der Waals surface area contributed by atoms with Crippen molar-refractivity contribution in [2.75, 3.05) is 19.7 Å². The van der Waals surface area contributed by atoms with Gasteiger partial charge in [-0.1, -0.05) is 25.1 Å². The Morgan fingerprint density at radius 1 is 1.41 bits per heavy atom. The van der Waals surface area contributed by atoms with E-state index in [9.17, 15) is 4.79 Å². The number of piperidine rings is 1. The second-order valence-electron chi connectivity index (χ2n) is 5.84. The summed E-state index contributed by atoms with van der Waals surface area (Å²) in [5.74, 6) is 0.124. The summed E-state index contributed by atoms with van der Waals surface area (Å²) in [4.78, 5) is 14.5. The monoisotopic (exact) mass is 301 g/mol. The molecule has 0 saturated carbocycles. The van der Waals surface area contributed by atoms with Gasteiger partial charge in [0, 0.05) is 25.1 Å². The van der Waals surface area contributed by atoms with Gasteiger partial charge < -0.3 is 9.64 Å². The van der Waals surface area contributed by atoms with E-state index in [4.69, 9.17) is 4.74 Å². The molecule has 1 fully saturated rings. The van der Waals surface area contributed by atoms with Gasteiger partial charge in [0.15, 0.2) is 0 Å². The highest BCUT2D eigenvalue weighted by molar-refractivity contribution is 5.82. The standard InChI is InChI=1S/C17H23N3O2/c1-2-10-22-15-7-5-9-19(12-15)17(21)13-20-16-8-4-3-6-14(16)11-18-20/h3-4,6,8,11,15H,2,5,7,9-10,12-13H2,1H3. The van der Waals surface area contributed by atoms with Crippen LogP contribution in [0.5, 0.6) is 0 Å². The van der Waals surface area contributed by atoms with Crippen molar-refractivity contribution in [2.24, 2.45) is 0 Å². The second kappa shape index (κ2) is 6.92. The number of carbonyl (C=O) groups excluding carboxylic acids is 1. The molecule has 1 aromatic carbocycles. The molecule has 0 spiro atoms. The highest BCUT2D eigenvalue weighted by Gasteiger charge is 2.24. The van der Waals surface area contributed by atoms with Gasteiger partial charge in [0.2, 0.25) is 5.91 Å². The Hall–Kier alpha value is -1.88. The Bertz CT molecular complexity index is 638. The third-order valence-electron chi connectivity index (χ3n) is 4.12. The van der Waals surface area contributed by atoms with Gasteiger partial charge in [0.25, 0.3) is 0 Å². The fraction of sp³-hybridized carbons (Fsp3) is 0.529. The third kappa shape index (κ3) is 3.30. The predicted octanol–water partition coefficient (Wildman–Crippen LogP) is 2.45. The van der Waals surface area contributed by atoms with Crippen LogP contribution in [-0.2, 0) is 16.1 Å². The zero-order chi connectivity index (χ0) is 15.4. The molecule has 2 heterocycles. The lowest BCUT2D eigenvalue weighted by atomic mass is 10.1. The van der Waals surface area contributed by atoms with Crippen molar-refractivity contribution in [2.45, 2.75) is 38.8 Å². The molecule has 1 atom stereocenters. The Balaban J connectivity index is 1.64. The maximum atomic E-state index is 12.5. The van der Waals surface area contributed by atoms with E-state index < -0.39 is 0 Å². The number of amides is 1. The van der Waals surface area contributed by atoms with Crippen LogP contribution in [0.3, 0.4) is 0 Å². The van der Waals surface area contributed by atoms with Gasteiger partial charge >= 0.3 is 0 Å². The first kappa shape index (κ1) is 15.0. The van der Waals surface area contributed by atoms with Crippen LogP contribution >= 0.6 is 0 Å². The summed E-state index contributed by atoms with van der Waals surface area (Å²) < 4.78 is 7.59. The minimum atomic E-state index is 0.124. The maximum absolute atomic E-state index is 12.5. The number of hydrogen-bond acceptors (Lipinski definition) is 3. The van der Waals surface area contributed by atoms with Crippen LogP contribution in [0.25, 0.3) is 10.9 Å². The number of nitrogens with zero attached hydrogens (tertiary/aromatic N) is 3. The lowest BCUT2D eigenvalue weighted by Crippen LogP contribution is -2.44. The van der Waals surface area contributed by atoms with Gasteiger partial charge in [-0.05, 0) is 25.3 Å². The lowest BCUT2D eigenvalue weighted by molar-refractivity contribution is -0.136. The van der Waals surface area contributed by atoms with Gasteiger partial charge in [-0.3, -0.25) is 9.48 Å². The van der Waals surface area contributed by atoms with Crippen molar-refractivity contribution in [1.29, 1.82) is 0 Å². The Kier molecular flexibility index (Phi) is 4.73. The number of benzene rings is 1. The Labute approximate surface area is 130 Å². The van der Waals surface area contributed by atoms with Crippen molar-refractivity contribution in [3.05, 3.63) is 30.5 Å². The number of fused-ring (bicyclic) bond motifs is 1.